The molecule has 4 rings (SSSR count). The van der Waals surface area contributed by atoms with Gasteiger partial charge in [-0.25, -0.2) is 0 Å². The van der Waals surface area contributed by atoms with Gasteiger partial charge >= 0.3 is 0 Å². The smallest absolute Gasteiger partial charge is 0.159 e. The molecular formula is C30H48O5. The summed E-state index contributed by atoms with van der Waals surface area (Å²) < 4.78 is 0. The number of carbonyl (C=O) groups excluding carboxylic acids is 2. The summed E-state index contributed by atoms with van der Waals surface area (Å²) in [5.41, 5.74) is 0.310. The zero-order valence-electron chi connectivity index (χ0n) is 23.0. The molecule has 5 heteroatoms. The predicted molar refractivity (Wildman–Crippen MR) is 137 cm³/mol. The van der Waals surface area contributed by atoms with Crippen LogP contribution in [-0.2, 0) is 9.59 Å². The first-order chi connectivity index (χ1) is 16.1. The normalized spacial score (nSPS) is 42.1. The van der Waals surface area contributed by atoms with Crippen molar-refractivity contribution < 1.29 is 24.9 Å². The molecule has 3 N–H and O–H groups in total. The molecule has 0 saturated heterocycles. The lowest BCUT2D eigenvalue weighted by atomic mass is 9.43. The molecule has 0 aromatic carbocycles. The summed E-state index contributed by atoms with van der Waals surface area (Å²) in [5, 5.41) is 30.0. The molecule has 4 aliphatic rings. The number of allylic oxidation sites excluding steroid dienone is 2. The summed E-state index contributed by atoms with van der Waals surface area (Å²) in [6.07, 6.45) is 6.30. The van der Waals surface area contributed by atoms with Crippen LogP contribution in [0.4, 0.5) is 0 Å². The minimum absolute atomic E-state index is 0.00849. The Morgan fingerprint density at radius 1 is 1.03 bits per heavy atom. The van der Waals surface area contributed by atoms with Gasteiger partial charge in [-0.2, -0.15) is 0 Å². The Labute approximate surface area is 211 Å². The summed E-state index contributed by atoms with van der Waals surface area (Å²) in [7, 11) is 0. The maximum absolute atomic E-state index is 13.9. The third-order valence-electron chi connectivity index (χ3n) is 12.0. The summed E-state index contributed by atoms with van der Waals surface area (Å²) in [6.45, 7) is 14.4. The minimum atomic E-state index is -1.48. The van der Waals surface area contributed by atoms with E-state index in [0.717, 1.165) is 44.1 Å². The molecule has 0 unspecified atom stereocenters. The van der Waals surface area contributed by atoms with Crippen LogP contribution in [0, 0.1) is 39.4 Å². The average molecular weight is 489 g/mol. The lowest BCUT2D eigenvalue weighted by Gasteiger charge is -2.60. The Morgan fingerprint density at radius 2 is 1.69 bits per heavy atom. The van der Waals surface area contributed by atoms with Gasteiger partial charge in [0.15, 0.2) is 5.78 Å². The number of ketones is 2. The van der Waals surface area contributed by atoms with E-state index in [0.29, 0.717) is 36.9 Å². The van der Waals surface area contributed by atoms with E-state index in [2.05, 4.69) is 41.5 Å². The number of rotatable bonds is 6. The summed E-state index contributed by atoms with van der Waals surface area (Å²) in [5.74, 6) is 1.46. The standard InChI is InChI=1S/C30H48O5/c1-18(8-9-24(34)30(7,35)17-31)19-10-15-29(6)25-20(11-14-28(19,29)5)27(4)13-12-23(33)26(2,3)22(27)16-21(25)32/h18-19,22,24,31,34-35H,8-17H2,1-7H3/t18-,19-,22+,24+,27-,28-,29+,30+/m1/s1. The third-order valence-corrected chi connectivity index (χ3v) is 12.0. The lowest BCUT2D eigenvalue weighted by molar-refractivity contribution is -0.142. The molecule has 0 amide bonds. The topological polar surface area (TPSA) is 94.8 Å². The van der Waals surface area contributed by atoms with Crippen LogP contribution in [0.1, 0.15) is 106 Å². The molecule has 0 radical (unpaired) electrons. The van der Waals surface area contributed by atoms with Crippen molar-refractivity contribution in [2.75, 3.05) is 6.61 Å². The number of aliphatic hydroxyl groups is 3. The second-order valence-corrected chi connectivity index (χ2v) is 14.1. The van der Waals surface area contributed by atoms with Crippen LogP contribution < -0.4 is 0 Å². The molecule has 0 aromatic rings. The van der Waals surface area contributed by atoms with Crippen molar-refractivity contribution in [1.29, 1.82) is 0 Å². The Balaban J connectivity index is 1.64. The van der Waals surface area contributed by atoms with Crippen LogP contribution >= 0.6 is 0 Å². The van der Waals surface area contributed by atoms with Crippen LogP contribution in [0.2, 0.25) is 0 Å². The summed E-state index contributed by atoms with van der Waals surface area (Å²) in [4.78, 5) is 26.7. The number of Topliss-reactive ketones (excluding diaryl/α,β-unsaturated/α-hetero) is 2. The summed E-state index contributed by atoms with van der Waals surface area (Å²) in [6, 6.07) is 0. The van der Waals surface area contributed by atoms with E-state index in [9.17, 15) is 24.9 Å². The molecular weight excluding hydrogens is 440 g/mol. The summed E-state index contributed by atoms with van der Waals surface area (Å²) >= 11 is 0. The first kappa shape index (κ1) is 27.0. The van der Waals surface area contributed by atoms with Crippen LogP contribution in [0.15, 0.2) is 11.1 Å². The monoisotopic (exact) mass is 488 g/mol. The van der Waals surface area contributed by atoms with Gasteiger partial charge in [0.2, 0.25) is 0 Å². The molecule has 0 aliphatic heterocycles. The fraction of sp³-hybridized carbons (Fsp3) is 0.867. The van der Waals surface area contributed by atoms with Crippen LogP contribution in [0.25, 0.3) is 0 Å². The third kappa shape index (κ3) is 3.74. The molecule has 0 aromatic heterocycles. The molecule has 35 heavy (non-hydrogen) atoms. The van der Waals surface area contributed by atoms with E-state index in [1.165, 1.54) is 12.5 Å². The molecule has 0 spiro atoms. The number of hydrogen-bond donors (Lipinski definition) is 3. The molecule has 4 aliphatic carbocycles. The van der Waals surface area contributed by atoms with Crippen molar-refractivity contribution in [3.05, 3.63) is 11.1 Å². The highest BCUT2D eigenvalue weighted by molar-refractivity contribution is 6.00. The number of aliphatic hydroxyl groups excluding tert-OH is 2. The van der Waals surface area contributed by atoms with Gasteiger partial charge in [-0.3, -0.25) is 9.59 Å². The van der Waals surface area contributed by atoms with E-state index in [4.69, 9.17) is 0 Å². The molecule has 0 heterocycles. The van der Waals surface area contributed by atoms with Crippen LogP contribution in [0.3, 0.4) is 0 Å². The highest BCUT2D eigenvalue weighted by Crippen LogP contribution is 2.71. The fourth-order valence-electron chi connectivity index (χ4n) is 9.16. The molecule has 8 atom stereocenters. The maximum atomic E-state index is 13.9. The average Bonchev–Trinajstić information content (AvgIpc) is 3.07. The zero-order valence-corrected chi connectivity index (χ0v) is 23.0. The predicted octanol–water partition coefficient (Wildman–Crippen LogP) is 5.00. The molecule has 2 saturated carbocycles. The van der Waals surface area contributed by atoms with E-state index >= 15 is 0 Å². The Hall–Kier alpha value is -1.04. The highest BCUT2D eigenvalue weighted by atomic mass is 16.4. The van der Waals surface area contributed by atoms with Crippen molar-refractivity contribution in [1.82, 2.24) is 0 Å². The second-order valence-electron chi connectivity index (χ2n) is 14.1. The second kappa shape index (κ2) is 8.49. The van der Waals surface area contributed by atoms with Gasteiger partial charge in [0.25, 0.3) is 0 Å². The minimum Gasteiger partial charge on any atom is -0.393 e. The molecule has 0 bridgehead atoms. The van der Waals surface area contributed by atoms with E-state index < -0.39 is 23.7 Å². The van der Waals surface area contributed by atoms with Crippen molar-refractivity contribution in [2.24, 2.45) is 39.4 Å². The number of fused-ring (bicyclic) bond motifs is 4. The van der Waals surface area contributed by atoms with Crippen molar-refractivity contribution >= 4 is 11.6 Å². The van der Waals surface area contributed by atoms with Crippen LogP contribution in [0.5, 0.6) is 0 Å². The highest BCUT2D eigenvalue weighted by Gasteiger charge is 2.65. The Morgan fingerprint density at radius 3 is 2.31 bits per heavy atom. The lowest BCUT2D eigenvalue weighted by Crippen LogP contribution is -2.56. The number of hydrogen-bond acceptors (Lipinski definition) is 5. The van der Waals surface area contributed by atoms with Gasteiger partial charge in [0.05, 0.1) is 12.7 Å². The van der Waals surface area contributed by atoms with Gasteiger partial charge < -0.3 is 15.3 Å². The molecule has 5 nitrogen and oxygen atoms in total. The van der Waals surface area contributed by atoms with Gasteiger partial charge in [-0.1, -0.05) is 47.1 Å². The van der Waals surface area contributed by atoms with E-state index in [1.807, 2.05) is 0 Å². The molecule has 198 valence electrons. The van der Waals surface area contributed by atoms with Gasteiger partial charge in [-0.15, -0.1) is 0 Å². The Bertz CT molecular complexity index is 931. The van der Waals surface area contributed by atoms with Gasteiger partial charge in [-0.05, 0) is 80.5 Å². The maximum Gasteiger partial charge on any atom is 0.159 e. The number of carbonyl (C=O) groups is 2. The van der Waals surface area contributed by atoms with Gasteiger partial charge in [0, 0.05) is 29.2 Å². The first-order valence-electron chi connectivity index (χ1n) is 13.9. The van der Waals surface area contributed by atoms with Crippen molar-refractivity contribution in [3.8, 4) is 0 Å². The van der Waals surface area contributed by atoms with Crippen molar-refractivity contribution in [2.45, 2.75) is 118 Å². The van der Waals surface area contributed by atoms with Crippen LogP contribution in [-0.4, -0.2) is 45.2 Å². The van der Waals surface area contributed by atoms with E-state index in [1.54, 1.807) is 0 Å². The van der Waals surface area contributed by atoms with E-state index in [-0.39, 0.29) is 27.9 Å². The van der Waals surface area contributed by atoms with Crippen molar-refractivity contribution in [3.63, 3.8) is 0 Å². The fourth-order valence-corrected chi connectivity index (χ4v) is 9.16. The molecule has 2 fully saturated rings. The zero-order chi connectivity index (χ0) is 26.2. The Kier molecular flexibility index (Phi) is 6.55. The SMILES string of the molecule is C[C@H](CC[C@H](O)[C@@](C)(O)CO)[C@H]1CC[C@@]2(C)C3=C(CC[C@]12C)[C@@]1(C)CCC(=O)C(C)(C)[C@@H]1CC3=O. The largest absolute Gasteiger partial charge is 0.393 e. The first-order valence-corrected chi connectivity index (χ1v) is 13.9. The quantitative estimate of drug-likeness (QED) is 0.489. The van der Waals surface area contributed by atoms with Gasteiger partial charge in [0.1, 0.15) is 11.4 Å².